The molecule has 0 atom stereocenters. The second kappa shape index (κ2) is 8.76. The Morgan fingerprint density at radius 1 is 1.40 bits per heavy atom. The molecule has 7 nitrogen and oxygen atoms in total. The van der Waals surface area contributed by atoms with Gasteiger partial charge in [-0.2, -0.15) is 0 Å². The van der Waals surface area contributed by atoms with Gasteiger partial charge in [0.25, 0.3) is 0 Å². The zero-order valence-electron chi connectivity index (χ0n) is 14.9. The molecule has 2 aromatic rings. The van der Waals surface area contributed by atoms with E-state index in [1.165, 1.54) is 6.33 Å². The van der Waals surface area contributed by atoms with Crippen LogP contribution in [0, 0.1) is 3.57 Å². The van der Waals surface area contributed by atoms with Crippen molar-refractivity contribution in [2.75, 3.05) is 19.1 Å². The molecule has 25 heavy (non-hydrogen) atoms. The third-order valence-electron chi connectivity index (χ3n) is 3.62. The number of aromatic nitrogens is 3. The molecule has 9 heteroatoms. The fraction of sp³-hybridized carbons (Fsp3) is 0.438. The molecule has 2 aromatic heterocycles. The van der Waals surface area contributed by atoms with Gasteiger partial charge < -0.3 is 20.8 Å². The second-order valence-corrected chi connectivity index (χ2v) is 13.7. The van der Waals surface area contributed by atoms with Crippen molar-refractivity contribution < 1.29 is 4.74 Å². The Kier molecular flexibility index (Phi) is 6.96. The highest BCUT2D eigenvalue weighted by Crippen LogP contribution is 2.25. The fourth-order valence-electron chi connectivity index (χ4n) is 2.20. The number of rotatable bonds is 8. The Labute approximate surface area is 162 Å². The van der Waals surface area contributed by atoms with Crippen molar-refractivity contribution in [3.05, 3.63) is 27.9 Å². The summed E-state index contributed by atoms with van der Waals surface area (Å²) in [7, 11) is -1.06. The Hall–Kier alpha value is -1.46. The number of hydrogen-bond acceptors (Lipinski definition) is 6. The van der Waals surface area contributed by atoms with Crippen LogP contribution in [0.5, 0.6) is 0 Å². The lowest BCUT2D eigenvalue weighted by Crippen LogP contribution is -2.21. The molecule has 0 unspecified atom stereocenters. The maximum Gasteiger partial charge on any atom is 0.146 e. The summed E-state index contributed by atoms with van der Waals surface area (Å²) >= 11 is 2.23. The molecule has 0 radical (unpaired) electrons. The van der Waals surface area contributed by atoms with Crippen LogP contribution < -0.4 is 11.5 Å². The average Bonchev–Trinajstić information content (AvgIpc) is 2.85. The van der Waals surface area contributed by atoms with Gasteiger partial charge >= 0.3 is 0 Å². The number of nitrogen functional groups attached to an aromatic ring is 1. The number of fused-ring (bicyclic) bond motifs is 1. The molecular weight excluding hydrogens is 447 g/mol. The first-order chi connectivity index (χ1) is 11.8. The van der Waals surface area contributed by atoms with Gasteiger partial charge in [0.2, 0.25) is 0 Å². The molecule has 2 rings (SSSR count). The van der Waals surface area contributed by atoms with Gasteiger partial charge in [-0.15, -0.1) is 0 Å². The van der Waals surface area contributed by atoms with Crippen LogP contribution in [-0.4, -0.2) is 42.2 Å². The number of ether oxygens (including phenoxy) is 1. The van der Waals surface area contributed by atoms with Crippen LogP contribution in [0.3, 0.4) is 0 Å². The lowest BCUT2D eigenvalue weighted by molar-refractivity contribution is 0.156. The molecule has 0 aliphatic heterocycles. The van der Waals surface area contributed by atoms with E-state index in [4.69, 9.17) is 16.2 Å². The smallest absolute Gasteiger partial charge is 0.146 e. The SMILES string of the molecule is C[Si](C)(C)CCOCN=CC(=CN)Cn1cc(I)c2c(N)ncnc21. The summed E-state index contributed by atoms with van der Waals surface area (Å²) in [5.74, 6) is 0.482. The minimum absolute atomic E-state index is 0.348. The number of hydrogen-bond donors (Lipinski definition) is 2. The molecule has 0 bridgehead atoms. The maximum atomic E-state index is 5.94. The van der Waals surface area contributed by atoms with Crippen molar-refractivity contribution in [3.63, 3.8) is 0 Å². The lowest BCUT2D eigenvalue weighted by Gasteiger charge is -2.14. The van der Waals surface area contributed by atoms with Gasteiger partial charge in [0.15, 0.2) is 0 Å². The number of nitrogens with two attached hydrogens (primary N) is 2. The van der Waals surface area contributed by atoms with E-state index < -0.39 is 8.07 Å². The molecule has 0 aliphatic carbocycles. The summed E-state index contributed by atoms with van der Waals surface area (Å²) in [6, 6.07) is 1.14. The van der Waals surface area contributed by atoms with Crippen LogP contribution in [-0.2, 0) is 11.3 Å². The van der Waals surface area contributed by atoms with Crippen molar-refractivity contribution in [3.8, 4) is 0 Å². The zero-order chi connectivity index (χ0) is 18.4. The molecular formula is C16H25IN6OSi. The van der Waals surface area contributed by atoms with Crippen LogP contribution >= 0.6 is 22.6 Å². The zero-order valence-corrected chi connectivity index (χ0v) is 18.0. The predicted molar refractivity (Wildman–Crippen MR) is 114 cm³/mol. The van der Waals surface area contributed by atoms with Gasteiger partial charge in [-0.1, -0.05) is 19.6 Å². The monoisotopic (exact) mass is 472 g/mol. The van der Waals surface area contributed by atoms with E-state index >= 15 is 0 Å². The summed E-state index contributed by atoms with van der Waals surface area (Å²) in [5, 5.41) is 0.867. The Balaban J connectivity index is 1.97. The topological polar surface area (TPSA) is 104 Å². The van der Waals surface area contributed by atoms with E-state index in [-0.39, 0.29) is 0 Å². The fourth-order valence-corrected chi connectivity index (χ4v) is 3.81. The molecule has 0 spiro atoms. The first-order valence-corrected chi connectivity index (χ1v) is 12.8. The Morgan fingerprint density at radius 2 is 2.16 bits per heavy atom. The summed E-state index contributed by atoms with van der Waals surface area (Å²) in [4.78, 5) is 12.7. The third-order valence-corrected chi connectivity index (χ3v) is 6.15. The van der Waals surface area contributed by atoms with Crippen LogP contribution in [0.2, 0.25) is 25.7 Å². The van der Waals surface area contributed by atoms with Gasteiger partial charge in [-0.25, -0.2) is 9.97 Å². The second-order valence-electron chi connectivity index (χ2n) is 6.96. The first-order valence-electron chi connectivity index (χ1n) is 8.05. The van der Waals surface area contributed by atoms with Crippen LogP contribution in [0.4, 0.5) is 5.82 Å². The van der Waals surface area contributed by atoms with Crippen molar-refractivity contribution in [2.24, 2.45) is 10.7 Å². The normalized spacial score (nSPS) is 13.2. The van der Waals surface area contributed by atoms with Crippen LogP contribution in [0.25, 0.3) is 11.0 Å². The molecule has 0 aliphatic rings. The van der Waals surface area contributed by atoms with E-state index in [2.05, 4.69) is 57.2 Å². The highest BCUT2D eigenvalue weighted by atomic mass is 127. The van der Waals surface area contributed by atoms with Crippen LogP contribution in [0.1, 0.15) is 0 Å². The summed E-state index contributed by atoms with van der Waals surface area (Å²) in [6.07, 6.45) is 6.75. The standard InChI is InChI=1S/C16H25IN6OSi/c1-25(2,3)5-4-24-11-20-7-12(6-18)8-23-9-13(17)14-15(19)21-10-22-16(14)23/h6-7,9-10H,4-5,8,11,18H2,1-3H3,(H2,19,21,22). The van der Waals surface area contributed by atoms with Gasteiger partial charge in [0.1, 0.15) is 24.5 Å². The third kappa shape index (κ3) is 5.78. The van der Waals surface area contributed by atoms with Gasteiger partial charge in [0.05, 0.1) is 11.9 Å². The van der Waals surface area contributed by atoms with E-state index in [1.54, 1.807) is 12.4 Å². The number of halogens is 1. The molecule has 136 valence electrons. The predicted octanol–water partition coefficient (Wildman–Crippen LogP) is 2.84. The lowest BCUT2D eigenvalue weighted by atomic mass is 10.3. The molecule has 0 fully saturated rings. The molecule has 0 aromatic carbocycles. The van der Waals surface area contributed by atoms with Gasteiger partial charge in [-0.05, 0) is 28.6 Å². The highest BCUT2D eigenvalue weighted by molar-refractivity contribution is 14.1. The highest BCUT2D eigenvalue weighted by Gasteiger charge is 2.12. The summed E-state index contributed by atoms with van der Waals surface area (Å²) in [5.41, 5.74) is 13.3. The van der Waals surface area contributed by atoms with Crippen molar-refractivity contribution in [1.29, 1.82) is 0 Å². The number of aliphatic imine (C=N–C) groups is 1. The molecule has 2 heterocycles. The number of allylic oxidation sites excluding steroid dienone is 1. The minimum atomic E-state index is -1.06. The Morgan fingerprint density at radius 3 is 2.84 bits per heavy atom. The Bertz CT molecular complexity index is 781. The summed E-state index contributed by atoms with van der Waals surface area (Å²) < 4.78 is 8.57. The van der Waals surface area contributed by atoms with Gasteiger partial charge in [-0.3, -0.25) is 4.99 Å². The van der Waals surface area contributed by atoms with Crippen molar-refractivity contribution in [2.45, 2.75) is 32.2 Å². The first kappa shape index (κ1) is 19.9. The van der Waals surface area contributed by atoms with E-state index in [1.807, 2.05) is 10.8 Å². The molecule has 0 saturated heterocycles. The number of anilines is 1. The molecule has 4 N–H and O–H groups in total. The van der Waals surface area contributed by atoms with E-state index in [0.717, 1.165) is 32.8 Å². The maximum absolute atomic E-state index is 5.94. The van der Waals surface area contributed by atoms with Crippen molar-refractivity contribution in [1.82, 2.24) is 14.5 Å². The quantitative estimate of drug-likeness (QED) is 0.266. The largest absolute Gasteiger partial charge is 0.404 e. The molecule has 0 saturated carbocycles. The minimum Gasteiger partial charge on any atom is -0.404 e. The van der Waals surface area contributed by atoms with E-state index in [9.17, 15) is 0 Å². The molecule has 0 amide bonds. The van der Waals surface area contributed by atoms with Gasteiger partial charge in [0, 0.05) is 42.4 Å². The average molecular weight is 472 g/mol. The van der Waals surface area contributed by atoms with E-state index in [0.29, 0.717) is 19.1 Å². The summed E-state index contributed by atoms with van der Waals surface area (Å²) in [6.45, 7) is 8.65. The number of nitrogens with zero attached hydrogens (tertiary/aromatic N) is 4. The van der Waals surface area contributed by atoms with Crippen molar-refractivity contribution >= 4 is 53.7 Å². The van der Waals surface area contributed by atoms with Crippen LogP contribution in [0.15, 0.2) is 29.3 Å².